The molecule has 0 aliphatic heterocycles. The highest BCUT2D eigenvalue weighted by Gasteiger charge is 1.87. The molecule has 1 nitrogen and oxygen atoms in total. The van der Waals surface area contributed by atoms with Crippen LogP contribution in [0.15, 0.2) is 12.2 Å². The molecule has 0 aromatic carbocycles. The van der Waals surface area contributed by atoms with E-state index in [2.05, 4.69) is 19.1 Å². The van der Waals surface area contributed by atoms with Crippen molar-refractivity contribution in [1.29, 1.82) is 0 Å². The lowest BCUT2D eigenvalue weighted by atomic mass is 10.1. The fraction of sp³-hybridized carbons (Fsp3) is 0.833. The molecule has 1 heteroatoms. The smallest absolute Gasteiger partial charge is 0.0431 e. The lowest BCUT2D eigenvalue weighted by Gasteiger charge is -1.97. The van der Waals surface area contributed by atoms with E-state index >= 15 is 0 Å². The molecule has 0 saturated carbocycles. The number of aliphatic hydroxyl groups is 1. The van der Waals surface area contributed by atoms with Crippen molar-refractivity contribution in [3.63, 3.8) is 0 Å². The number of aliphatic hydroxyl groups excluding tert-OH is 1. The van der Waals surface area contributed by atoms with E-state index < -0.39 is 0 Å². The van der Waals surface area contributed by atoms with Gasteiger partial charge in [0.15, 0.2) is 0 Å². The van der Waals surface area contributed by atoms with Gasteiger partial charge in [0, 0.05) is 6.61 Å². The van der Waals surface area contributed by atoms with Crippen molar-refractivity contribution >= 4 is 0 Å². The van der Waals surface area contributed by atoms with Gasteiger partial charge in [-0.1, -0.05) is 44.8 Å². The molecule has 0 amide bonds. The Bertz CT molecular complexity index is 108. The molecule has 0 saturated heterocycles. The van der Waals surface area contributed by atoms with Gasteiger partial charge in [0.05, 0.1) is 0 Å². The highest BCUT2D eigenvalue weighted by Crippen LogP contribution is 2.05. The van der Waals surface area contributed by atoms with E-state index in [0.29, 0.717) is 6.61 Å². The number of rotatable bonds is 9. The van der Waals surface area contributed by atoms with Gasteiger partial charge in [-0.15, -0.1) is 0 Å². The molecule has 0 spiro atoms. The van der Waals surface area contributed by atoms with Gasteiger partial charge in [0.2, 0.25) is 0 Å². The Balaban J connectivity index is 2.91. The van der Waals surface area contributed by atoms with E-state index in [-0.39, 0.29) is 0 Å². The summed E-state index contributed by atoms with van der Waals surface area (Å²) < 4.78 is 0. The summed E-state index contributed by atoms with van der Waals surface area (Å²) in [6, 6.07) is 0. The third-order valence-electron chi connectivity index (χ3n) is 2.15. The summed E-state index contributed by atoms with van der Waals surface area (Å²) in [6.07, 6.45) is 14.4. The molecule has 78 valence electrons. The van der Waals surface area contributed by atoms with Gasteiger partial charge < -0.3 is 5.11 Å². The third-order valence-corrected chi connectivity index (χ3v) is 2.15. The molecular formula is C12H24O. The van der Waals surface area contributed by atoms with Crippen LogP contribution in [0, 0.1) is 0 Å². The topological polar surface area (TPSA) is 20.2 Å². The Labute approximate surface area is 82.9 Å². The number of allylic oxidation sites excluding steroid dienone is 2. The normalized spacial score (nSPS) is 11.2. The second kappa shape index (κ2) is 11.7. The van der Waals surface area contributed by atoms with Crippen LogP contribution >= 0.6 is 0 Å². The Morgan fingerprint density at radius 1 is 0.846 bits per heavy atom. The lowest BCUT2D eigenvalue weighted by molar-refractivity contribution is 0.282. The SMILES string of the molecule is CCCC=CCCCCCCCO. The summed E-state index contributed by atoms with van der Waals surface area (Å²) in [4.78, 5) is 0. The molecule has 0 rings (SSSR count). The summed E-state index contributed by atoms with van der Waals surface area (Å²) in [5, 5.41) is 8.55. The second-order valence-electron chi connectivity index (χ2n) is 3.54. The molecule has 0 unspecified atom stereocenters. The zero-order chi connectivity index (χ0) is 9.78. The van der Waals surface area contributed by atoms with Crippen LogP contribution in [0.4, 0.5) is 0 Å². The van der Waals surface area contributed by atoms with Crippen molar-refractivity contribution in [2.45, 2.75) is 58.3 Å². The minimum Gasteiger partial charge on any atom is -0.396 e. The minimum atomic E-state index is 0.358. The third kappa shape index (κ3) is 11.7. The molecule has 0 atom stereocenters. The molecule has 0 heterocycles. The zero-order valence-corrected chi connectivity index (χ0v) is 8.97. The maximum atomic E-state index is 8.55. The van der Waals surface area contributed by atoms with Gasteiger partial charge in [0.25, 0.3) is 0 Å². The van der Waals surface area contributed by atoms with Gasteiger partial charge in [-0.2, -0.15) is 0 Å². The molecule has 0 aliphatic carbocycles. The van der Waals surface area contributed by atoms with Crippen LogP contribution in [0.25, 0.3) is 0 Å². The highest BCUT2D eigenvalue weighted by molar-refractivity contribution is 4.80. The van der Waals surface area contributed by atoms with E-state index in [4.69, 9.17) is 5.11 Å². The fourth-order valence-corrected chi connectivity index (χ4v) is 1.31. The highest BCUT2D eigenvalue weighted by atomic mass is 16.2. The minimum absolute atomic E-state index is 0.358. The quantitative estimate of drug-likeness (QED) is 0.428. The van der Waals surface area contributed by atoms with Crippen LogP contribution < -0.4 is 0 Å². The molecule has 0 radical (unpaired) electrons. The summed E-state index contributed by atoms with van der Waals surface area (Å²) in [5.41, 5.74) is 0. The molecule has 0 bridgehead atoms. The summed E-state index contributed by atoms with van der Waals surface area (Å²) >= 11 is 0. The molecule has 0 aliphatic rings. The van der Waals surface area contributed by atoms with Gasteiger partial charge >= 0.3 is 0 Å². The van der Waals surface area contributed by atoms with Crippen molar-refractivity contribution in [1.82, 2.24) is 0 Å². The first kappa shape index (κ1) is 12.7. The van der Waals surface area contributed by atoms with E-state index in [1.807, 2.05) is 0 Å². The van der Waals surface area contributed by atoms with Crippen LogP contribution in [-0.2, 0) is 0 Å². The lowest BCUT2D eigenvalue weighted by Crippen LogP contribution is -1.83. The summed E-state index contributed by atoms with van der Waals surface area (Å²) in [7, 11) is 0. The molecule has 0 fully saturated rings. The Morgan fingerprint density at radius 2 is 1.46 bits per heavy atom. The van der Waals surface area contributed by atoms with Crippen LogP contribution in [0.1, 0.15) is 58.3 Å². The second-order valence-corrected chi connectivity index (χ2v) is 3.54. The molecule has 0 aromatic rings. The van der Waals surface area contributed by atoms with E-state index in [1.54, 1.807) is 0 Å². The Morgan fingerprint density at radius 3 is 2.15 bits per heavy atom. The largest absolute Gasteiger partial charge is 0.396 e. The van der Waals surface area contributed by atoms with Crippen LogP contribution in [0.2, 0.25) is 0 Å². The standard InChI is InChI=1S/C12H24O/c1-2-3-4-5-6-7-8-9-10-11-12-13/h4-5,13H,2-3,6-12H2,1H3. The molecular weight excluding hydrogens is 160 g/mol. The molecule has 13 heavy (non-hydrogen) atoms. The summed E-state index contributed by atoms with van der Waals surface area (Å²) in [5.74, 6) is 0. The van der Waals surface area contributed by atoms with Gasteiger partial charge in [-0.25, -0.2) is 0 Å². The predicted molar refractivity (Wildman–Crippen MR) is 58.8 cm³/mol. The van der Waals surface area contributed by atoms with E-state index in [1.165, 1.54) is 44.9 Å². The van der Waals surface area contributed by atoms with Crippen LogP contribution in [-0.4, -0.2) is 11.7 Å². The maximum Gasteiger partial charge on any atom is 0.0431 e. The average Bonchev–Trinajstić information content (AvgIpc) is 2.16. The Kier molecular flexibility index (Phi) is 11.4. The molecule has 1 N–H and O–H groups in total. The fourth-order valence-electron chi connectivity index (χ4n) is 1.31. The van der Waals surface area contributed by atoms with Crippen LogP contribution in [0.3, 0.4) is 0 Å². The predicted octanol–water partition coefficient (Wildman–Crippen LogP) is 3.68. The van der Waals surface area contributed by atoms with E-state index in [9.17, 15) is 0 Å². The van der Waals surface area contributed by atoms with Crippen molar-refractivity contribution < 1.29 is 5.11 Å². The first-order valence-corrected chi connectivity index (χ1v) is 5.67. The number of unbranched alkanes of at least 4 members (excludes halogenated alkanes) is 6. The van der Waals surface area contributed by atoms with Crippen LogP contribution in [0.5, 0.6) is 0 Å². The summed E-state index contributed by atoms with van der Waals surface area (Å²) in [6.45, 7) is 2.57. The maximum absolute atomic E-state index is 8.55. The first-order chi connectivity index (χ1) is 6.41. The number of hydrogen-bond acceptors (Lipinski definition) is 1. The van der Waals surface area contributed by atoms with Crippen molar-refractivity contribution in [2.24, 2.45) is 0 Å². The average molecular weight is 184 g/mol. The first-order valence-electron chi connectivity index (χ1n) is 5.67. The van der Waals surface area contributed by atoms with Gasteiger partial charge in [-0.3, -0.25) is 0 Å². The van der Waals surface area contributed by atoms with Gasteiger partial charge in [0.1, 0.15) is 0 Å². The van der Waals surface area contributed by atoms with Crippen molar-refractivity contribution in [3.8, 4) is 0 Å². The van der Waals surface area contributed by atoms with Crippen molar-refractivity contribution in [2.75, 3.05) is 6.61 Å². The molecule has 0 aromatic heterocycles. The Hall–Kier alpha value is -0.300. The van der Waals surface area contributed by atoms with E-state index in [0.717, 1.165) is 6.42 Å². The van der Waals surface area contributed by atoms with Gasteiger partial charge in [-0.05, 0) is 25.7 Å². The zero-order valence-electron chi connectivity index (χ0n) is 8.97. The monoisotopic (exact) mass is 184 g/mol. The van der Waals surface area contributed by atoms with Crippen molar-refractivity contribution in [3.05, 3.63) is 12.2 Å². The number of hydrogen-bond donors (Lipinski definition) is 1.